The molecule has 138 valence electrons. The van der Waals surface area contributed by atoms with E-state index in [1.54, 1.807) is 29.1 Å². The van der Waals surface area contributed by atoms with Gasteiger partial charge < -0.3 is 9.64 Å². The summed E-state index contributed by atoms with van der Waals surface area (Å²) in [4.78, 5) is 14.9. The second-order valence-electron chi connectivity index (χ2n) is 7.58. The number of aromatic nitrogens is 2. The van der Waals surface area contributed by atoms with Crippen LogP contribution in [0.1, 0.15) is 43.2 Å². The van der Waals surface area contributed by atoms with Gasteiger partial charge in [-0.05, 0) is 50.8 Å². The van der Waals surface area contributed by atoms with Crippen LogP contribution in [0.15, 0.2) is 36.5 Å². The number of carbonyl (C=O) groups is 1. The summed E-state index contributed by atoms with van der Waals surface area (Å²) in [5.74, 6) is 1.07. The molecule has 0 bridgehead atoms. The Kier molecular flexibility index (Phi) is 4.42. The molecule has 1 saturated carbocycles. The number of rotatable bonds is 4. The van der Waals surface area contributed by atoms with Gasteiger partial charge in [0.15, 0.2) is 0 Å². The summed E-state index contributed by atoms with van der Waals surface area (Å²) < 4.78 is 21.2. The van der Waals surface area contributed by atoms with Gasteiger partial charge in [-0.15, -0.1) is 0 Å². The maximum absolute atomic E-state index is 13.4. The summed E-state index contributed by atoms with van der Waals surface area (Å²) in [6, 6.07) is 8.22. The average Bonchev–Trinajstić information content (AvgIpc) is 3.30. The molecule has 1 aromatic carbocycles. The van der Waals surface area contributed by atoms with Crippen molar-refractivity contribution in [3.8, 4) is 5.75 Å². The Morgan fingerprint density at radius 1 is 1.27 bits per heavy atom. The summed E-state index contributed by atoms with van der Waals surface area (Å²) in [6.07, 6.45) is 3.71. The minimum Gasteiger partial charge on any atom is -0.490 e. The zero-order valence-electron chi connectivity index (χ0n) is 15.1. The summed E-state index contributed by atoms with van der Waals surface area (Å²) >= 11 is 0. The number of benzene rings is 1. The van der Waals surface area contributed by atoms with E-state index in [0.717, 1.165) is 19.4 Å². The maximum Gasteiger partial charge on any atom is 0.272 e. The van der Waals surface area contributed by atoms with Gasteiger partial charge in [-0.1, -0.05) is 6.07 Å². The highest BCUT2D eigenvalue weighted by Gasteiger charge is 2.45. The number of amides is 1. The zero-order chi connectivity index (χ0) is 18.3. The van der Waals surface area contributed by atoms with Crippen molar-refractivity contribution in [1.82, 2.24) is 14.7 Å². The molecular weight excluding hydrogens is 333 g/mol. The van der Waals surface area contributed by atoms with E-state index in [-0.39, 0.29) is 23.9 Å². The molecule has 2 aliphatic rings. The van der Waals surface area contributed by atoms with Crippen LogP contribution in [-0.2, 0) is 0 Å². The van der Waals surface area contributed by atoms with Crippen molar-refractivity contribution in [2.24, 2.45) is 11.8 Å². The van der Waals surface area contributed by atoms with E-state index in [1.807, 2.05) is 18.7 Å². The molecule has 0 spiro atoms. The molecule has 0 radical (unpaired) electrons. The van der Waals surface area contributed by atoms with Crippen LogP contribution in [0, 0.1) is 17.7 Å². The number of carbonyl (C=O) groups excluding carboxylic acids is 1. The molecule has 26 heavy (non-hydrogen) atoms. The van der Waals surface area contributed by atoms with E-state index >= 15 is 0 Å². The van der Waals surface area contributed by atoms with Crippen LogP contribution >= 0.6 is 0 Å². The van der Waals surface area contributed by atoms with Gasteiger partial charge in [0.1, 0.15) is 23.4 Å². The van der Waals surface area contributed by atoms with Crippen molar-refractivity contribution in [3.63, 3.8) is 0 Å². The van der Waals surface area contributed by atoms with E-state index in [9.17, 15) is 9.18 Å². The molecule has 1 aromatic heterocycles. The topological polar surface area (TPSA) is 47.4 Å². The van der Waals surface area contributed by atoms with Crippen LogP contribution in [-0.4, -0.2) is 39.8 Å². The van der Waals surface area contributed by atoms with Crippen LogP contribution < -0.4 is 4.74 Å². The Bertz CT molecular complexity index is 804. The van der Waals surface area contributed by atoms with E-state index < -0.39 is 0 Å². The van der Waals surface area contributed by atoms with Gasteiger partial charge in [-0.3, -0.25) is 9.48 Å². The lowest BCUT2D eigenvalue weighted by molar-refractivity contribution is 0.0748. The molecule has 0 unspecified atom stereocenters. The number of halogens is 1. The summed E-state index contributed by atoms with van der Waals surface area (Å²) in [7, 11) is 0. The van der Waals surface area contributed by atoms with Crippen molar-refractivity contribution in [2.75, 3.05) is 13.1 Å². The summed E-state index contributed by atoms with van der Waals surface area (Å²) in [5, 5.41) is 4.27. The Hall–Kier alpha value is -2.37. The lowest BCUT2D eigenvalue weighted by atomic mass is 9.99. The van der Waals surface area contributed by atoms with E-state index in [1.165, 1.54) is 12.1 Å². The fourth-order valence-corrected chi connectivity index (χ4v) is 4.30. The van der Waals surface area contributed by atoms with Crippen LogP contribution in [0.4, 0.5) is 4.39 Å². The van der Waals surface area contributed by atoms with E-state index in [4.69, 9.17) is 4.74 Å². The minimum atomic E-state index is -0.290. The third-order valence-electron chi connectivity index (χ3n) is 5.54. The van der Waals surface area contributed by atoms with Gasteiger partial charge in [-0.2, -0.15) is 5.10 Å². The molecule has 1 aliphatic heterocycles. The lowest BCUT2D eigenvalue weighted by Crippen LogP contribution is -2.34. The summed E-state index contributed by atoms with van der Waals surface area (Å²) in [6.45, 7) is 5.49. The van der Waals surface area contributed by atoms with Crippen LogP contribution in [0.3, 0.4) is 0 Å². The van der Waals surface area contributed by atoms with Crippen LogP contribution in [0.2, 0.25) is 0 Å². The molecule has 2 aromatic rings. The Morgan fingerprint density at radius 2 is 2.12 bits per heavy atom. The Balaban J connectivity index is 1.46. The van der Waals surface area contributed by atoms with Gasteiger partial charge in [-0.25, -0.2) is 4.39 Å². The van der Waals surface area contributed by atoms with Crippen molar-refractivity contribution in [3.05, 3.63) is 48.0 Å². The normalized spacial score (nSPS) is 24.9. The molecule has 0 N–H and O–H groups in total. The first-order valence-electron chi connectivity index (χ1n) is 9.28. The quantitative estimate of drug-likeness (QED) is 0.841. The maximum atomic E-state index is 13.4. The number of likely N-dealkylation sites (tertiary alicyclic amines) is 1. The van der Waals surface area contributed by atoms with E-state index in [0.29, 0.717) is 29.8 Å². The van der Waals surface area contributed by atoms with Crippen molar-refractivity contribution >= 4 is 5.91 Å². The second-order valence-corrected chi connectivity index (χ2v) is 7.58. The number of ether oxygens (including phenoxy) is 1. The number of hydrogen-bond donors (Lipinski definition) is 0. The highest BCUT2D eigenvalue weighted by atomic mass is 19.1. The third-order valence-corrected chi connectivity index (χ3v) is 5.54. The molecule has 4 rings (SSSR count). The molecule has 1 saturated heterocycles. The number of nitrogens with zero attached hydrogens (tertiary/aromatic N) is 3. The molecule has 2 heterocycles. The van der Waals surface area contributed by atoms with Crippen LogP contribution in [0.25, 0.3) is 0 Å². The molecular formula is C20H24FN3O2. The first kappa shape index (κ1) is 17.1. The highest BCUT2D eigenvalue weighted by Crippen LogP contribution is 2.40. The van der Waals surface area contributed by atoms with Gasteiger partial charge in [0.25, 0.3) is 5.91 Å². The Labute approximate surface area is 152 Å². The number of fused-ring (bicyclic) bond motifs is 1. The average molecular weight is 357 g/mol. The van der Waals surface area contributed by atoms with Crippen molar-refractivity contribution in [2.45, 2.75) is 38.8 Å². The van der Waals surface area contributed by atoms with Crippen molar-refractivity contribution in [1.29, 1.82) is 0 Å². The zero-order valence-corrected chi connectivity index (χ0v) is 15.1. The third kappa shape index (κ3) is 3.08. The van der Waals surface area contributed by atoms with E-state index in [2.05, 4.69) is 5.10 Å². The minimum absolute atomic E-state index is 0.0367. The van der Waals surface area contributed by atoms with Gasteiger partial charge in [0.05, 0.1) is 0 Å². The summed E-state index contributed by atoms with van der Waals surface area (Å²) in [5.41, 5.74) is 0.641. The number of hydrogen-bond acceptors (Lipinski definition) is 3. The SMILES string of the molecule is CC(C)n1nccc1C(=O)N1C[C@@H]2CC[C@H](Oc3cccc(F)c3)[C@@H]2C1. The monoisotopic (exact) mass is 357 g/mol. The standard InChI is InChI=1S/C20H24FN3O2/c1-13(2)24-18(8-9-22-24)20(25)23-11-14-6-7-19(17(14)12-23)26-16-5-3-4-15(21)10-16/h3-5,8-10,13-14,17,19H,6-7,11-12H2,1-2H3/t14-,17+,19-/m0/s1. The molecule has 2 fully saturated rings. The largest absolute Gasteiger partial charge is 0.490 e. The van der Waals surface area contributed by atoms with Crippen molar-refractivity contribution < 1.29 is 13.9 Å². The highest BCUT2D eigenvalue weighted by molar-refractivity contribution is 5.92. The Morgan fingerprint density at radius 3 is 2.88 bits per heavy atom. The molecule has 5 nitrogen and oxygen atoms in total. The predicted octanol–water partition coefficient (Wildman–Crippen LogP) is 3.53. The van der Waals surface area contributed by atoms with Crippen LogP contribution in [0.5, 0.6) is 5.75 Å². The fourth-order valence-electron chi connectivity index (χ4n) is 4.30. The molecule has 1 aliphatic carbocycles. The molecule has 1 amide bonds. The molecule has 6 heteroatoms. The van der Waals surface area contributed by atoms with Gasteiger partial charge in [0.2, 0.25) is 0 Å². The fraction of sp³-hybridized carbons (Fsp3) is 0.500. The predicted molar refractivity (Wildman–Crippen MR) is 95.5 cm³/mol. The van der Waals surface area contributed by atoms with Gasteiger partial charge in [0, 0.05) is 37.3 Å². The first-order valence-corrected chi connectivity index (χ1v) is 9.28. The molecule has 3 atom stereocenters. The first-order chi connectivity index (χ1) is 12.5. The second kappa shape index (κ2) is 6.74. The lowest BCUT2D eigenvalue weighted by Gasteiger charge is -2.22. The van der Waals surface area contributed by atoms with Gasteiger partial charge >= 0.3 is 0 Å². The smallest absolute Gasteiger partial charge is 0.272 e.